The van der Waals surface area contributed by atoms with E-state index in [4.69, 9.17) is 4.74 Å². The summed E-state index contributed by atoms with van der Waals surface area (Å²) in [4.78, 5) is 15.1. The normalized spacial score (nSPS) is 23.3. The number of carbonyl (C=O) groups excluding carboxylic acids is 1. The van der Waals surface area contributed by atoms with E-state index in [0.29, 0.717) is 5.92 Å². The molecule has 0 radical (unpaired) electrons. The second kappa shape index (κ2) is 9.95. The zero-order valence-corrected chi connectivity index (χ0v) is 20.9. The van der Waals surface area contributed by atoms with Gasteiger partial charge in [0, 0.05) is 42.3 Å². The number of benzene rings is 2. The Morgan fingerprint density at radius 2 is 1.76 bits per heavy atom. The molecule has 4 heteroatoms. The van der Waals surface area contributed by atoms with Crippen LogP contribution in [0.1, 0.15) is 61.9 Å². The Kier molecular flexibility index (Phi) is 6.78. The molecule has 1 aromatic heterocycles. The molecule has 2 bridgehead atoms. The summed E-state index contributed by atoms with van der Waals surface area (Å²) in [6.07, 6.45) is 9.99. The number of piperidine rings is 1. The minimum Gasteiger partial charge on any atom is -0.495 e. The van der Waals surface area contributed by atoms with Crippen LogP contribution in [0.25, 0.3) is 10.9 Å². The van der Waals surface area contributed by atoms with Crippen molar-refractivity contribution < 1.29 is 9.53 Å². The molecule has 2 saturated heterocycles. The fraction of sp³-hybridized carbons (Fsp3) is 0.500. The van der Waals surface area contributed by atoms with E-state index >= 15 is 0 Å². The van der Waals surface area contributed by atoms with Crippen LogP contribution in [0.4, 0.5) is 0 Å². The zero-order chi connectivity index (χ0) is 23.7. The number of Topliss-reactive ketones (excluding diaryl/α,β-unsaturated/α-hetero) is 1. The predicted octanol–water partition coefficient (Wildman–Crippen LogP) is 6.36. The van der Waals surface area contributed by atoms with Gasteiger partial charge in [-0.15, -0.1) is 0 Å². The van der Waals surface area contributed by atoms with Crippen molar-refractivity contribution in [3.63, 3.8) is 0 Å². The zero-order valence-electron chi connectivity index (χ0n) is 20.9. The Balaban J connectivity index is 1.24. The topological polar surface area (TPSA) is 34.5 Å². The molecule has 0 aliphatic carbocycles. The minimum atomic E-state index is 0.111. The van der Waals surface area contributed by atoms with Crippen LogP contribution in [-0.2, 0) is 13.0 Å². The van der Waals surface area contributed by atoms with Gasteiger partial charge in [-0.1, -0.05) is 49.4 Å². The maximum absolute atomic E-state index is 12.3. The third kappa shape index (κ3) is 4.65. The van der Waals surface area contributed by atoms with Crippen molar-refractivity contribution in [2.45, 2.75) is 71.0 Å². The molecular formula is C30H38N2O2. The molecule has 0 N–H and O–H groups in total. The molecule has 3 heterocycles. The molecule has 2 fully saturated rings. The van der Waals surface area contributed by atoms with Gasteiger partial charge in [-0.2, -0.15) is 0 Å². The van der Waals surface area contributed by atoms with E-state index < -0.39 is 0 Å². The van der Waals surface area contributed by atoms with Gasteiger partial charge in [0.15, 0.2) is 5.78 Å². The molecule has 0 spiro atoms. The average Bonchev–Trinajstić information content (AvgIpc) is 3.31. The first-order valence-corrected chi connectivity index (χ1v) is 13.0. The summed E-state index contributed by atoms with van der Waals surface area (Å²) in [5.74, 6) is 2.32. The lowest BCUT2D eigenvalue weighted by molar-refractivity contribution is 0.0830. The highest BCUT2D eigenvalue weighted by atomic mass is 16.5. The Bertz CT molecular complexity index is 1120. The number of rotatable bonds is 9. The SMILES string of the molecule is COc1cccc2c(C(C)=O)cn(CC(C)CN3C4CCC3CC(CCc3ccccc3)C4)c12. The molecule has 0 saturated carbocycles. The first kappa shape index (κ1) is 23.2. The van der Waals surface area contributed by atoms with E-state index in [2.05, 4.69) is 46.7 Å². The number of hydrogen-bond acceptors (Lipinski definition) is 3. The molecular weight excluding hydrogens is 420 g/mol. The molecule has 2 aliphatic rings. The van der Waals surface area contributed by atoms with Gasteiger partial charge in [-0.05, 0) is 68.9 Å². The summed E-state index contributed by atoms with van der Waals surface area (Å²) in [6, 6.07) is 18.4. The minimum absolute atomic E-state index is 0.111. The Morgan fingerprint density at radius 1 is 1.03 bits per heavy atom. The second-order valence-electron chi connectivity index (χ2n) is 10.7. The maximum atomic E-state index is 12.3. The van der Waals surface area contributed by atoms with Crippen molar-refractivity contribution in [3.05, 3.63) is 65.9 Å². The molecule has 3 atom stereocenters. The lowest BCUT2D eigenvalue weighted by atomic mass is 9.85. The van der Waals surface area contributed by atoms with Crippen LogP contribution >= 0.6 is 0 Å². The quantitative estimate of drug-likeness (QED) is 0.350. The standard InChI is InChI=1S/C30H38N2O2/c1-21(18-31-20-28(22(2)33)27-10-7-11-29(34-3)30(27)31)19-32-25-14-15-26(32)17-24(16-25)13-12-23-8-5-4-6-9-23/h4-11,20-21,24-26H,12-19H2,1-3H3. The van der Waals surface area contributed by atoms with Crippen molar-refractivity contribution >= 4 is 16.7 Å². The van der Waals surface area contributed by atoms with Crippen LogP contribution in [0, 0.1) is 11.8 Å². The number of para-hydroxylation sites is 1. The number of nitrogens with zero attached hydrogens (tertiary/aromatic N) is 2. The maximum Gasteiger partial charge on any atom is 0.161 e. The summed E-state index contributed by atoms with van der Waals surface area (Å²) in [5.41, 5.74) is 3.32. The summed E-state index contributed by atoms with van der Waals surface area (Å²) in [5, 5.41) is 0.998. The van der Waals surface area contributed by atoms with E-state index in [1.807, 2.05) is 24.4 Å². The molecule has 180 valence electrons. The van der Waals surface area contributed by atoms with Crippen molar-refractivity contribution in [2.24, 2.45) is 11.8 Å². The van der Waals surface area contributed by atoms with Gasteiger partial charge < -0.3 is 9.30 Å². The first-order chi connectivity index (χ1) is 16.5. The van der Waals surface area contributed by atoms with Crippen LogP contribution < -0.4 is 4.74 Å². The van der Waals surface area contributed by atoms with E-state index in [9.17, 15) is 4.79 Å². The molecule has 4 nitrogen and oxygen atoms in total. The lowest BCUT2D eigenvalue weighted by Gasteiger charge is -2.40. The van der Waals surface area contributed by atoms with Crippen molar-refractivity contribution in [3.8, 4) is 5.75 Å². The third-order valence-corrected chi connectivity index (χ3v) is 8.16. The number of ketones is 1. The number of hydrogen-bond donors (Lipinski definition) is 0. The molecule has 3 unspecified atom stereocenters. The molecule has 5 rings (SSSR count). The predicted molar refractivity (Wildman–Crippen MR) is 139 cm³/mol. The summed E-state index contributed by atoms with van der Waals surface area (Å²) < 4.78 is 7.92. The van der Waals surface area contributed by atoms with E-state index in [1.54, 1.807) is 14.0 Å². The number of carbonyl (C=O) groups is 1. The second-order valence-corrected chi connectivity index (χ2v) is 10.7. The largest absolute Gasteiger partial charge is 0.495 e. The fourth-order valence-electron chi connectivity index (χ4n) is 6.60. The van der Waals surface area contributed by atoms with E-state index in [1.165, 1.54) is 44.1 Å². The Morgan fingerprint density at radius 3 is 2.44 bits per heavy atom. The van der Waals surface area contributed by atoms with Gasteiger partial charge in [-0.25, -0.2) is 0 Å². The van der Waals surface area contributed by atoms with Crippen LogP contribution in [0.3, 0.4) is 0 Å². The van der Waals surface area contributed by atoms with Crippen molar-refractivity contribution in [1.82, 2.24) is 9.47 Å². The monoisotopic (exact) mass is 458 g/mol. The summed E-state index contributed by atoms with van der Waals surface area (Å²) in [6.45, 7) is 6.04. The number of fused-ring (bicyclic) bond motifs is 3. The fourth-order valence-corrected chi connectivity index (χ4v) is 6.60. The van der Waals surface area contributed by atoms with E-state index in [-0.39, 0.29) is 5.78 Å². The lowest BCUT2D eigenvalue weighted by Crippen LogP contribution is -2.45. The van der Waals surface area contributed by atoms with Gasteiger partial charge in [0.25, 0.3) is 0 Å². The highest BCUT2D eigenvalue weighted by Gasteiger charge is 2.40. The van der Waals surface area contributed by atoms with Crippen molar-refractivity contribution in [1.29, 1.82) is 0 Å². The molecule has 3 aromatic rings. The number of methoxy groups -OCH3 is 1. The summed E-state index contributed by atoms with van der Waals surface area (Å²) >= 11 is 0. The van der Waals surface area contributed by atoms with Crippen LogP contribution in [0.15, 0.2) is 54.7 Å². The molecule has 34 heavy (non-hydrogen) atoms. The first-order valence-electron chi connectivity index (χ1n) is 13.0. The van der Waals surface area contributed by atoms with Gasteiger partial charge in [-0.3, -0.25) is 9.69 Å². The third-order valence-electron chi connectivity index (χ3n) is 8.16. The van der Waals surface area contributed by atoms with E-state index in [0.717, 1.165) is 53.3 Å². The van der Waals surface area contributed by atoms with Gasteiger partial charge >= 0.3 is 0 Å². The van der Waals surface area contributed by atoms with Crippen molar-refractivity contribution in [2.75, 3.05) is 13.7 Å². The summed E-state index contributed by atoms with van der Waals surface area (Å²) in [7, 11) is 1.71. The number of aryl methyl sites for hydroxylation is 1. The Hall–Kier alpha value is -2.59. The number of aromatic nitrogens is 1. The molecule has 2 aromatic carbocycles. The van der Waals surface area contributed by atoms with Crippen LogP contribution in [0.5, 0.6) is 5.75 Å². The van der Waals surface area contributed by atoms with Gasteiger partial charge in [0.2, 0.25) is 0 Å². The smallest absolute Gasteiger partial charge is 0.161 e. The number of ether oxygens (including phenoxy) is 1. The molecule has 2 aliphatic heterocycles. The molecule has 0 amide bonds. The van der Waals surface area contributed by atoms with Crippen LogP contribution in [-0.4, -0.2) is 41.0 Å². The highest BCUT2D eigenvalue weighted by molar-refractivity contribution is 6.08. The highest BCUT2D eigenvalue weighted by Crippen LogP contribution is 2.41. The van der Waals surface area contributed by atoms with Gasteiger partial charge in [0.1, 0.15) is 5.75 Å². The average molecular weight is 459 g/mol. The van der Waals surface area contributed by atoms with Gasteiger partial charge in [0.05, 0.1) is 12.6 Å². The Labute approximate surface area is 203 Å². The van der Waals surface area contributed by atoms with Crippen LogP contribution in [0.2, 0.25) is 0 Å².